The van der Waals surface area contributed by atoms with Crippen molar-refractivity contribution in [1.82, 2.24) is 10.2 Å². The molecule has 11 heteroatoms. The summed E-state index contributed by atoms with van der Waals surface area (Å²) in [6, 6.07) is 9.26. The predicted octanol–water partition coefficient (Wildman–Crippen LogP) is 3.76. The number of amides is 4. The maximum absolute atomic E-state index is 12.7. The van der Waals surface area contributed by atoms with E-state index in [0.29, 0.717) is 11.3 Å². The molecular weight excluding hydrogens is 430 g/mol. The Morgan fingerprint density at radius 3 is 2.65 bits per heavy atom. The van der Waals surface area contributed by atoms with Crippen molar-refractivity contribution in [2.24, 2.45) is 0 Å². The summed E-state index contributed by atoms with van der Waals surface area (Å²) < 4.78 is 10.8. The fraction of sp³-hybridized carbons (Fsp3) is 0.0500. The highest BCUT2D eigenvalue weighted by atomic mass is 35.5. The third-order valence-corrected chi connectivity index (χ3v) is 4.73. The molecule has 2 aromatic heterocycles. The van der Waals surface area contributed by atoms with E-state index in [1.54, 1.807) is 12.1 Å². The largest absolute Gasteiger partial charge is 0.467 e. The van der Waals surface area contributed by atoms with E-state index in [1.807, 2.05) is 0 Å². The molecule has 0 aliphatic carbocycles. The quantitative estimate of drug-likeness (QED) is 0.275. The van der Waals surface area contributed by atoms with Crippen molar-refractivity contribution in [2.75, 3.05) is 0 Å². The Morgan fingerprint density at radius 1 is 1.16 bits per heavy atom. The van der Waals surface area contributed by atoms with Crippen LogP contribution in [-0.4, -0.2) is 27.7 Å². The van der Waals surface area contributed by atoms with Crippen molar-refractivity contribution in [1.29, 1.82) is 0 Å². The second-order valence-corrected chi connectivity index (χ2v) is 6.82. The van der Waals surface area contributed by atoms with E-state index in [-0.39, 0.29) is 34.3 Å². The number of imide groups is 2. The van der Waals surface area contributed by atoms with Gasteiger partial charge in [0.05, 0.1) is 22.8 Å². The SMILES string of the molecule is O=C1NC(=O)N(Cc2ccco2)C(=O)/C1=C/c1ccc(-c2ccc([N+](=O)[O-])cc2Cl)o1. The Bertz CT molecular complexity index is 1240. The highest BCUT2D eigenvalue weighted by molar-refractivity contribution is 6.33. The van der Waals surface area contributed by atoms with Gasteiger partial charge in [0, 0.05) is 17.7 Å². The molecule has 3 aromatic rings. The zero-order valence-electron chi connectivity index (χ0n) is 15.5. The lowest BCUT2D eigenvalue weighted by Crippen LogP contribution is -2.53. The van der Waals surface area contributed by atoms with Gasteiger partial charge in [-0.05, 0) is 36.4 Å². The molecule has 1 fully saturated rings. The summed E-state index contributed by atoms with van der Waals surface area (Å²) in [6.07, 6.45) is 2.60. The van der Waals surface area contributed by atoms with Crippen molar-refractivity contribution < 1.29 is 28.1 Å². The third kappa shape index (κ3) is 3.96. The van der Waals surface area contributed by atoms with Crippen molar-refractivity contribution in [3.8, 4) is 11.3 Å². The van der Waals surface area contributed by atoms with Gasteiger partial charge in [0.2, 0.25) is 0 Å². The van der Waals surface area contributed by atoms with E-state index in [1.165, 1.54) is 42.7 Å². The minimum Gasteiger partial charge on any atom is -0.467 e. The number of nitro benzene ring substituents is 1. The molecule has 0 bridgehead atoms. The normalized spacial score (nSPS) is 15.5. The number of hydrogen-bond donors (Lipinski definition) is 1. The van der Waals surface area contributed by atoms with Gasteiger partial charge in [-0.3, -0.25) is 29.9 Å². The van der Waals surface area contributed by atoms with Crippen molar-refractivity contribution in [2.45, 2.75) is 6.54 Å². The van der Waals surface area contributed by atoms with Crippen LogP contribution >= 0.6 is 11.6 Å². The standard InChI is InChI=1S/C20H12ClN3O7/c21-16-8-11(24(28)29)3-5-14(16)17-6-4-12(31-17)9-15-18(25)22-20(27)23(19(15)26)10-13-2-1-7-30-13/h1-9H,10H2,(H,22,25,27)/b15-9+. The van der Waals surface area contributed by atoms with Gasteiger partial charge in [0.15, 0.2) is 0 Å². The average Bonchev–Trinajstić information content (AvgIpc) is 3.40. The highest BCUT2D eigenvalue weighted by Crippen LogP contribution is 2.33. The first-order valence-corrected chi connectivity index (χ1v) is 9.16. The van der Waals surface area contributed by atoms with Crippen LogP contribution in [0, 0.1) is 10.1 Å². The van der Waals surface area contributed by atoms with Crippen LogP contribution in [0.3, 0.4) is 0 Å². The van der Waals surface area contributed by atoms with E-state index in [2.05, 4.69) is 5.32 Å². The summed E-state index contributed by atoms with van der Waals surface area (Å²) in [5.41, 5.74) is -0.0822. The van der Waals surface area contributed by atoms with Crippen LogP contribution in [0.2, 0.25) is 5.02 Å². The molecule has 0 radical (unpaired) electrons. The molecule has 10 nitrogen and oxygen atoms in total. The van der Waals surface area contributed by atoms with Crippen LogP contribution in [0.1, 0.15) is 11.5 Å². The Morgan fingerprint density at radius 2 is 1.97 bits per heavy atom. The fourth-order valence-electron chi connectivity index (χ4n) is 2.93. The molecule has 0 saturated carbocycles. The number of nitrogens with zero attached hydrogens (tertiary/aromatic N) is 2. The molecule has 1 aromatic carbocycles. The van der Waals surface area contributed by atoms with Crippen LogP contribution in [-0.2, 0) is 16.1 Å². The van der Waals surface area contributed by atoms with Gasteiger partial charge in [-0.25, -0.2) is 4.79 Å². The molecule has 4 amide bonds. The lowest BCUT2D eigenvalue weighted by molar-refractivity contribution is -0.384. The zero-order chi connectivity index (χ0) is 22.1. The second kappa shape index (κ2) is 7.92. The number of barbiturate groups is 1. The Hall–Kier alpha value is -4.18. The summed E-state index contributed by atoms with van der Waals surface area (Å²) in [7, 11) is 0. The predicted molar refractivity (Wildman–Crippen MR) is 107 cm³/mol. The summed E-state index contributed by atoms with van der Waals surface area (Å²) in [4.78, 5) is 48.1. The molecule has 0 atom stereocenters. The van der Waals surface area contributed by atoms with Crippen molar-refractivity contribution >= 4 is 41.2 Å². The van der Waals surface area contributed by atoms with Gasteiger partial charge >= 0.3 is 6.03 Å². The van der Waals surface area contributed by atoms with Gasteiger partial charge in [0.1, 0.15) is 22.9 Å². The summed E-state index contributed by atoms with van der Waals surface area (Å²) in [5.74, 6) is -0.882. The first-order chi connectivity index (χ1) is 14.8. The zero-order valence-corrected chi connectivity index (χ0v) is 16.3. The summed E-state index contributed by atoms with van der Waals surface area (Å²) >= 11 is 6.11. The molecule has 1 saturated heterocycles. The van der Waals surface area contributed by atoms with Crippen LogP contribution < -0.4 is 5.32 Å². The number of non-ortho nitro benzene ring substituents is 1. The second-order valence-electron chi connectivity index (χ2n) is 6.41. The molecule has 1 aliphatic heterocycles. The molecule has 0 unspecified atom stereocenters. The van der Waals surface area contributed by atoms with E-state index in [0.717, 1.165) is 4.90 Å². The van der Waals surface area contributed by atoms with Gasteiger partial charge in [0.25, 0.3) is 17.5 Å². The number of nitro groups is 1. The van der Waals surface area contributed by atoms with Gasteiger partial charge in [-0.15, -0.1) is 0 Å². The van der Waals surface area contributed by atoms with Crippen LogP contribution in [0.4, 0.5) is 10.5 Å². The number of urea groups is 1. The van der Waals surface area contributed by atoms with Crippen LogP contribution in [0.15, 0.2) is 63.1 Å². The number of rotatable bonds is 5. The van der Waals surface area contributed by atoms with Gasteiger partial charge in [-0.1, -0.05) is 11.6 Å². The van der Waals surface area contributed by atoms with Crippen molar-refractivity contribution in [3.05, 3.63) is 81.0 Å². The molecule has 31 heavy (non-hydrogen) atoms. The first-order valence-electron chi connectivity index (χ1n) is 8.79. The number of benzene rings is 1. The molecule has 156 valence electrons. The molecule has 1 aliphatic rings. The first kappa shape index (κ1) is 20.1. The van der Waals surface area contributed by atoms with Crippen LogP contribution in [0.25, 0.3) is 17.4 Å². The monoisotopic (exact) mass is 441 g/mol. The number of carbonyl (C=O) groups excluding carboxylic acids is 3. The highest BCUT2D eigenvalue weighted by Gasteiger charge is 2.36. The van der Waals surface area contributed by atoms with E-state index >= 15 is 0 Å². The fourth-order valence-corrected chi connectivity index (χ4v) is 3.20. The summed E-state index contributed by atoms with van der Waals surface area (Å²) in [5, 5.41) is 13.0. The molecule has 4 rings (SSSR count). The Kier molecular flexibility index (Phi) is 5.14. The van der Waals surface area contributed by atoms with E-state index < -0.39 is 22.8 Å². The molecular formula is C20H12ClN3O7. The smallest absolute Gasteiger partial charge is 0.331 e. The summed E-state index contributed by atoms with van der Waals surface area (Å²) in [6.45, 7) is -0.149. The minimum absolute atomic E-state index is 0.101. The van der Waals surface area contributed by atoms with Crippen LogP contribution in [0.5, 0.6) is 0 Å². The third-order valence-electron chi connectivity index (χ3n) is 4.42. The Balaban J connectivity index is 1.61. The number of nitrogens with one attached hydrogen (secondary N) is 1. The topological polar surface area (TPSA) is 136 Å². The maximum atomic E-state index is 12.7. The molecule has 1 N–H and O–H groups in total. The van der Waals surface area contributed by atoms with Gasteiger partial charge in [-0.2, -0.15) is 0 Å². The average molecular weight is 442 g/mol. The van der Waals surface area contributed by atoms with E-state index in [9.17, 15) is 24.5 Å². The maximum Gasteiger partial charge on any atom is 0.331 e. The minimum atomic E-state index is -0.864. The number of hydrogen-bond acceptors (Lipinski definition) is 7. The molecule has 0 spiro atoms. The number of furan rings is 2. The van der Waals surface area contributed by atoms with Crippen molar-refractivity contribution in [3.63, 3.8) is 0 Å². The van der Waals surface area contributed by atoms with E-state index in [4.69, 9.17) is 20.4 Å². The number of carbonyl (C=O) groups is 3. The lowest BCUT2D eigenvalue weighted by atomic mass is 10.1. The molecule has 3 heterocycles. The lowest BCUT2D eigenvalue weighted by Gasteiger charge is -2.25. The number of halogens is 1. The van der Waals surface area contributed by atoms with Gasteiger partial charge < -0.3 is 8.83 Å². The Labute approximate surface area is 178 Å².